The Kier molecular flexibility index (Phi) is 7.83. The Morgan fingerprint density at radius 1 is 1.27 bits per heavy atom. The third-order valence-corrected chi connectivity index (χ3v) is 3.83. The van der Waals surface area contributed by atoms with Crippen molar-refractivity contribution in [3.8, 4) is 0 Å². The zero-order chi connectivity index (χ0) is 11.9. The molecule has 1 unspecified atom stereocenters. The van der Waals surface area contributed by atoms with Crippen molar-refractivity contribution in [1.82, 2.24) is 4.90 Å². The standard InChI is InChI=1S/C10H22BrNO2S/c1-10(4-6-11)5-7-12(2)8-9-15(3,13)14/h10H,4-9H2,1-3H3. The Morgan fingerprint density at radius 2 is 1.87 bits per heavy atom. The molecule has 0 amide bonds. The van der Waals surface area contributed by atoms with Crippen LogP contribution in [0.25, 0.3) is 0 Å². The molecule has 15 heavy (non-hydrogen) atoms. The van der Waals surface area contributed by atoms with Crippen molar-refractivity contribution in [3.05, 3.63) is 0 Å². The number of alkyl halides is 1. The van der Waals surface area contributed by atoms with Gasteiger partial charge >= 0.3 is 0 Å². The van der Waals surface area contributed by atoms with Gasteiger partial charge in [-0.15, -0.1) is 0 Å². The molecule has 0 aliphatic rings. The maximum atomic E-state index is 10.9. The summed E-state index contributed by atoms with van der Waals surface area (Å²) < 4.78 is 21.9. The van der Waals surface area contributed by atoms with Gasteiger partial charge in [-0.05, 0) is 32.4 Å². The van der Waals surface area contributed by atoms with Gasteiger partial charge in [-0.25, -0.2) is 8.42 Å². The molecule has 5 heteroatoms. The highest BCUT2D eigenvalue weighted by molar-refractivity contribution is 9.09. The largest absolute Gasteiger partial charge is 0.305 e. The first-order chi connectivity index (χ1) is 6.85. The zero-order valence-corrected chi connectivity index (χ0v) is 12.3. The zero-order valence-electron chi connectivity index (χ0n) is 9.87. The van der Waals surface area contributed by atoms with E-state index in [0.29, 0.717) is 12.5 Å². The summed E-state index contributed by atoms with van der Waals surface area (Å²) in [4.78, 5) is 2.09. The average molecular weight is 300 g/mol. The van der Waals surface area contributed by atoms with Crippen molar-refractivity contribution >= 4 is 25.8 Å². The van der Waals surface area contributed by atoms with Crippen LogP contribution in [0.1, 0.15) is 19.8 Å². The summed E-state index contributed by atoms with van der Waals surface area (Å²) in [5.41, 5.74) is 0. The van der Waals surface area contributed by atoms with Gasteiger partial charge in [0.2, 0.25) is 0 Å². The molecule has 3 nitrogen and oxygen atoms in total. The molecule has 0 saturated carbocycles. The molecule has 0 fully saturated rings. The smallest absolute Gasteiger partial charge is 0.148 e. The van der Waals surface area contributed by atoms with Crippen molar-refractivity contribution in [2.24, 2.45) is 5.92 Å². The summed E-state index contributed by atoms with van der Waals surface area (Å²) >= 11 is 3.42. The fourth-order valence-corrected chi connectivity index (χ4v) is 2.63. The first-order valence-corrected chi connectivity index (χ1v) is 8.45. The number of hydrogen-bond acceptors (Lipinski definition) is 3. The lowest BCUT2D eigenvalue weighted by Gasteiger charge is -2.18. The molecule has 0 aromatic carbocycles. The van der Waals surface area contributed by atoms with Crippen LogP contribution < -0.4 is 0 Å². The van der Waals surface area contributed by atoms with E-state index in [0.717, 1.165) is 18.3 Å². The number of nitrogens with zero attached hydrogens (tertiary/aromatic N) is 1. The van der Waals surface area contributed by atoms with E-state index in [9.17, 15) is 8.42 Å². The summed E-state index contributed by atoms with van der Waals surface area (Å²) in [6, 6.07) is 0. The van der Waals surface area contributed by atoms with Gasteiger partial charge in [0, 0.05) is 18.1 Å². The van der Waals surface area contributed by atoms with Crippen LogP contribution in [0.2, 0.25) is 0 Å². The molecule has 0 saturated heterocycles. The van der Waals surface area contributed by atoms with Gasteiger partial charge in [0.25, 0.3) is 0 Å². The quantitative estimate of drug-likeness (QED) is 0.641. The third-order valence-electron chi connectivity index (χ3n) is 2.45. The van der Waals surface area contributed by atoms with Crippen LogP contribution in [0.3, 0.4) is 0 Å². The van der Waals surface area contributed by atoms with Gasteiger partial charge < -0.3 is 4.90 Å². The van der Waals surface area contributed by atoms with Crippen LogP contribution in [0.15, 0.2) is 0 Å². The molecule has 1 atom stereocenters. The normalized spacial score (nSPS) is 14.5. The van der Waals surface area contributed by atoms with E-state index >= 15 is 0 Å². The molecule has 0 heterocycles. The Hall–Kier alpha value is 0.390. The van der Waals surface area contributed by atoms with E-state index in [2.05, 4.69) is 27.8 Å². The van der Waals surface area contributed by atoms with Crippen LogP contribution in [0, 0.1) is 5.92 Å². The van der Waals surface area contributed by atoms with E-state index in [1.54, 1.807) is 0 Å². The Labute approximate surface area is 102 Å². The van der Waals surface area contributed by atoms with Crippen LogP contribution in [-0.2, 0) is 9.84 Å². The first kappa shape index (κ1) is 15.4. The van der Waals surface area contributed by atoms with Crippen molar-refractivity contribution in [2.75, 3.05) is 37.5 Å². The third kappa shape index (κ3) is 10.7. The predicted octanol–water partition coefficient (Wildman–Crippen LogP) is 1.77. The summed E-state index contributed by atoms with van der Waals surface area (Å²) in [6.07, 6.45) is 3.60. The fourth-order valence-electron chi connectivity index (χ4n) is 1.20. The van der Waals surface area contributed by atoms with Crippen molar-refractivity contribution in [2.45, 2.75) is 19.8 Å². The first-order valence-electron chi connectivity index (χ1n) is 5.27. The molecule has 0 aliphatic carbocycles. The van der Waals surface area contributed by atoms with E-state index < -0.39 is 9.84 Å². The summed E-state index contributed by atoms with van der Waals surface area (Å²) in [7, 11) is -0.839. The minimum absolute atomic E-state index is 0.260. The average Bonchev–Trinajstić information content (AvgIpc) is 2.11. The van der Waals surface area contributed by atoms with Crippen LogP contribution in [0.4, 0.5) is 0 Å². The van der Waals surface area contributed by atoms with Crippen molar-refractivity contribution < 1.29 is 8.42 Å². The van der Waals surface area contributed by atoms with Gasteiger partial charge in [-0.1, -0.05) is 22.9 Å². The SMILES string of the molecule is CC(CCBr)CCN(C)CCS(C)(=O)=O. The Morgan fingerprint density at radius 3 is 2.33 bits per heavy atom. The Balaban J connectivity index is 3.61. The lowest BCUT2D eigenvalue weighted by molar-refractivity contribution is 0.318. The fraction of sp³-hybridized carbons (Fsp3) is 1.00. The summed E-state index contributed by atoms with van der Waals surface area (Å²) in [5, 5.41) is 1.04. The van der Waals surface area contributed by atoms with E-state index in [1.165, 1.54) is 12.7 Å². The molecule has 0 N–H and O–H groups in total. The molecule has 0 radical (unpaired) electrons. The molecule has 92 valence electrons. The van der Waals surface area contributed by atoms with Crippen LogP contribution in [-0.4, -0.2) is 50.8 Å². The highest BCUT2D eigenvalue weighted by atomic mass is 79.9. The molecule has 0 bridgehead atoms. The summed E-state index contributed by atoms with van der Waals surface area (Å²) in [6.45, 7) is 3.84. The maximum absolute atomic E-state index is 10.9. The van der Waals surface area contributed by atoms with Crippen LogP contribution in [0.5, 0.6) is 0 Å². The second-order valence-corrected chi connectivity index (χ2v) is 7.36. The lowest BCUT2D eigenvalue weighted by atomic mass is 10.1. The molecule has 0 spiro atoms. The predicted molar refractivity (Wildman–Crippen MR) is 69.4 cm³/mol. The van der Waals surface area contributed by atoms with Gasteiger partial charge in [0.05, 0.1) is 5.75 Å². The maximum Gasteiger partial charge on any atom is 0.148 e. The molecular formula is C10H22BrNO2S. The minimum atomic E-state index is -2.82. The molecule has 0 aromatic rings. The minimum Gasteiger partial charge on any atom is -0.305 e. The topological polar surface area (TPSA) is 37.4 Å². The van der Waals surface area contributed by atoms with Gasteiger partial charge in [0.1, 0.15) is 9.84 Å². The number of hydrogen-bond donors (Lipinski definition) is 0. The number of sulfone groups is 1. The summed E-state index contributed by atoms with van der Waals surface area (Å²) in [5.74, 6) is 0.959. The van der Waals surface area contributed by atoms with E-state index in [1.807, 2.05) is 7.05 Å². The van der Waals surface area contributed by atoms with Crippen molar-refractivity contribution in [1.29, 1.82) is 0 Å². The Bertz CT molecular complexity index is 254. The second-order valence-electron chi connectivity index (χ2n) is 4.30. The monoisotopic (exact) mass is 299 g/mol. The molecule has 0 aliphatic heterocycles. The second kappa shape index (κ2) is 7.63. The molecular weight excluding hydrogens is 278 g/mol. The van der Waals surface area contributed by atoms with Gasteiger partial charge in [-0.2, -0.15) is 0 Å². The number of halogens is 1. The van der Waals surface area contributed by atoms with Gasteiger partial charge in [0.15, 0.2) is 0 Å². The highest BCUT2D eigenvalue weighted by Crippen LogP contribution is 2.09. The lowest BCUT2D eigenvalue weighted by Crippen LogP contribution is -2.27. The van der Waals surface area contributed by atoms with Gasteiger partial charge in [-0.3, -0.25) is 0 Å². The van der Waals surface area contributed by atoms with Crippen LogP contribution >= 0.6 is 15.9 Å². The van der Waals surface area contributed by atoms with E-state index in [4.69, 9.17) is 0 Å². The molecule has 0 aromatic heterocycles. The molecule has 0 rings (SSSR count). The number of rotatable bonds is 8. The highest BCUT2D eigenvalue weighted by Gasteiger charge is 2.07. The van der Waals surface area contributed by atoms with E-state index in [-0.39, 0.29) is 5.75 Å². The van der Waals surface area contributed by atoms with Crippen molar-refractivity contribution in [3.63, 3.8) is 0 Å².